The maximum absolute atomic E-state index is 6.73. The Morgan fingerprint density at radius 3 is 2.65 bits per heavy atom. The minimum absolute atomic E-state index is 0.0308. The Kier molecular flexibility index (Phi) is 4.63. The molecule has 2 aliphatic heterocycles. The first kappa shape index (κ1) is 21.2. The topological polar surface area (TPSA) is 77.3 Å². The van der Waals surface area contributed by atoms with Crippen molar-refractivity contribution < 1.29 is 9.47 Å². The van der Waals surface area contributed by atoms with E-state index in [0.29, 0.717) is 27.2 Å². The van der Waals surface area contributed by atoms with Crippen LogP contribution in [-0.2, 0) is 15.0 Å². The number of hydrogen-bond donors (Lipinski definition) is 1. The number of ether oxygens (including phenoxy) is 2. The predicted octanol–water partition coefficient (Wildman–Crippen LogP) is 4.77. The predicted molar refractivity (Wildman–Crippen MR) is 131 cm³/mol. The molecule has 2 atom stereocenters. The normalized spacial score (nSPS) is 31.4. The summed E-state index contributed by atoms with van der Waals surface area (Å²) in [6.45, 7) is 2.53. The van der Waals surface area contributed by atoms with Gasteiger partial charge in [0.05, 0.1) is 52.5 Å². The van der Waals surface area contributed by atoms with Gasteiger partial charge in [-0.05, 0) is 44.2 Å². The summed E-state index contributed by atoms with van der Waals surface area (Å²) in [5.74, 6) is 0.484. The Labute approximate surface area is 207 Å². The molecule has 4 bridgehead atoms. The number of morpholine rings is 1. The molecule has 2 saturated heterocycles. The fourth-order valence-corrected chi connectivity index (χ4v) is 7.26. The number of nitrogens with zero attached hydrogens (tertiary/aromatic N) is 5. The maximum Gasteiger partial charge on any atom is 0.227 e. The molecule has 8 rings (SSSR count). The van der Waals surface area contributed by atoms with Crippen molar-refractivity contribution in [3.63, 3.8) is 0 Å². The quantitative estimate of drug-likeness (QED) is 0.522. The molecule has 0 radical (unpaired) electrons. The average Bonchev–Trinajstić information content (AvgIpc) is 3.30. The zero-order valence-electron chi connectivity index (χ0n) is 18.9. The standard InChI is InChI=1S/C24H26Cl2N6O2/c1-33-13-23-10-24(11-23,12-23)32-21(26)19(7-28-32)30-22-27-6-14-4-17(25)20(5-18(14)29-22)31-8-15-2-3-16(9-31)34-15/h4-7,15-16H,2-3,8-13H2,1H3,(H,27,29,30). The van der Waals surface area contributed by atoms with E-state index in [0.717, 1.165) is 68.4 Å². The van der Waals surface area contributed by atoms with Crippen molar-refractivity contribution in [1.29, 1.82) is 0 Å². The lowest BCUT2D eigenvalue weighted by Gasteiger charge is -2.70. The van der Waals surface area contributed by atoms with Gasteiger partial charge in [0.2, 0.25) is 5.95 Å². The van der Waals surface area contributed by atoms with Crippen LogP contribution in [0.5, 0.6) is 0 Å². The molecule has 3 aromatic rings. The Bertz CT molecular complexity index is 1260. The summed E-state index contributed by atoms with van der Waals surface area (Å²) in [7, 11) is 1.77. The summed E-state index contributed by atoms with van der Waals surface area (Å²) in [5, 5.41) is 10.1. The van der Waals surface area contributed by atoms with Crippen LogP contribution in [-0.4, -0.2) is 58.8 Å². The minimum Gasteiger partial charge on any atom is -0.384 e. The van der Waals surface area contributed by atoms with Crippen molar-refractivity contribution in [3.05, 3.63) is 34.7 Å². The van der Waals surface area contributed by atoms with E-state index in [4.69, 9.17) is 37.7 Å². The molecule has 4 heterocycles. The van der Waals surface area contributed by atoms with Crippen LogP contribution < -0.4 is 10.2 Å². The molecule has 2 aromatic heterocycles. The van der Waals surface area contributed by atoms with Gasteiger partial charge >= 0.3 is 0 Å². The molecular formula is C24H26Cl2N6O2. The van der Waals surface area contributed by atoms with Crippen molar-refractivity contribution in [2.75, 3.05) is 37.0 Å². The Hall–Kier alpha value is -2.13. The molecule has 5 fully saturated rings. The number of nitrogens with one attached hydrogen (secondary N) is 1. The Morgan fingerprint density at radius 1 is 1.15 bits per heavy atom. The fraction of sp³-hybridized carbons (Fsp3) is 0.542. The number of aromatic nitrogens is 4. The summed E-state index contributed by atoms with van der Waals surface area (Å²) >= 11 is 13.4. The second-order valence-corrected chi connectivity index (χ2v) is 11.3. The lowest BCUT2D eigenvalue weighted by molar-refractivity contribution is -0.217. The van der Waals surface area contributed by atoms with E-state index >= 15 is 0 Å². The zero-order valence-corrected chi connectivity index (χ0v) is 20.4. The van der Waals surface area contributed by atoms with Gasteiger partial charge in [0.15, 0.2) is 5.15 Å². The van der Waals surface area contributed by atoms with Crippen LogP contribution >= 0.6 is 23.2 Å². The summed E-state index contributed by atoms with van der Waals surface area (Å²) < 4.78 is 13.3. The lowest BCUT2D eigenvalue weighted by Crippen LogP contribution is -2.69. The Balaban J connectivity index is 1.13. The highest BCUT2D eigenvalue weighted by molar-refractivity contribution is 6.34. The van der Waals surface area contributed by atoms with E-state index in [-0.39, 0.29) is 17.7 Å². The molecule has 5 aliphatic rings. The molecule has 3 saturated carbocycles. The number of benzene rings is 1. The van der Waals surface area contributed by atoms with Crippen LogP contribution in [0.4, 0.5) is 17.3 Å². The summed E-state index contributed by atoms with van der Waals surface area (Å²) in [6.07, 6.45) is 9.55. The van der Waals surface area contributed by atoms with Gasteiger partial charge < -0.3 is 19.7 Å². The second-order valence-electron chi connectivity index (χ2n) is 10.5. The van der Waals surface area contributed by atoms with E-state index < -0.39 is 0 Å². The Morgan fingerprint density at radius 2 is 1.91 bits per heavy atom. The van der Waals surface area contributed by atoms with Gasteiger partial charge in [-0.25, -0.2) is 14.6 Å². The van der Waals surface area contributed by atoms with Crippen LogP contribution in [0.15, 0.2) is 24.5 Å². The highest BCUT2D eigenvalue weighted by atomic mass is 35.5. The van der Waals surface area contributed by atoms with Gasteiger partial charge in [-0.15, -0.1) is 0 Å². The van der Waals surface area contributed by atoms with Crippen molar-refractivity contribution in [3.8, 4) is 0 Å². The number of methoxy groups -OCH3 is 1. The lowest BCUT2D eigenvalue weighted by atomic mass is 9.39. The largest absolute Gasteiger partial charge is 0.384 e. The van der Waals surface area contributed by atoms with Gasteiger partial charge in [-0.2, -0.15) is 5.10 Å². The molecule has 0 spiro atoms. The van der Waals surface area contributed by atoms with E-state index in [2.05, 4.69) is 26.4 Å². The highest BCUT2D eigenvalue weighted by Gasteiger charge is 2.69. The van der Waals surface area contributed by atoms with Crippen molar-refractivity contribution in [2.45, 2.75) is 49.9 Å². The van der Waals surface area contributed by atoms with Crippen molar-refractivity contribution in [2.24, 2.45) is 5.41 Å². The van der Waals surface area contributed by atoms with Gasteiger partial charge in [-0.3, -0.25) is 0 Å². The molecule has 1 N–H and O–H groups in total. The smallest absolute Gasteiger partial charge is 0.227 e. The van der Waals surface area contributed by atoms with Gasteiger partial charge in [0, 0.05) is 37.2 Å². The maximum atomic E-state index is 6.73. The summed E-state index contributed by atoms with van der Waals surface area (Å²) in [6, 6.07) is 3.99. The fourth-order valence-electron chi connectivity index (χ4n) is 6.65. The number of hydrogen-bond acceptors (Lipinski definition) is 7. The monoisotopic (exact) mass is 500 g/mol. The van der Waals surface area contributed by atoms with Crippen molar-refractivity contribution >= 4 is 51.4 Å². The minimum atomic E-state index is 0.0308. The average molecular weight is 501 g/mol. The van der Waals surface area contributed by atoms with Gasteiger partial charge in [0.1, 0.15) is 0 Å². The molecule has 0 amide bonds. The van der Waals surface area contributed by atoms with Crippen LogP contribution in [0.25, 0.3) is 10.9 Å². The molecule has 8 nitrogen and oxygen atoms in total. The molecular weight excluding hydrogens is 475 g/mol. The van der Waals surface area contributed by atoms with E-state index in [9.17, 15) is 0 Å². The molecule has 34 heavy (non-hydrogen) atoms. The first-order chi connectivity index (χ1) is 16.5. The SMILES string of the molecule is COCC12CC(n3ncc(Nc4ncc5cc(Cl)c(N6CC7CCC(C6)O7)cc5n4)c3Cl)(C1)C2. The number of anilines is 3. The molecule has 2 unspecified atom stereocenters. The number of halogens is 2. The molecule has 10 heteroatoms. The van der Waals surface area contributed by atoms with E-state index in [1.807, 2.05) is 10.7 Å². The van der Waals surface area contributed by atoms with Gasteiger partial charge in [-0.1, -0.05) is 23.2 Å². The number of fused-ring (bicyclic) bond motifs is 3. The van der Waals surface area contributed by atoms with Crippen LogP contribution in [0.2, 0.25) is 10.2 Å². The van der Waals surface area contributed by atoms with Gasteiger partial charge in [0.25, 0.3) is 0 Å². The third-order valence-electron chi connectivity index (χ3n) is 8.00. The van der Waals surface area contributed by atoms with Crippen LogP contribution in [0.1, 0.15) is 32.1 Å². The second kappa shape index (κ2) is 7.43. The zero-order chi connectivity index (χ0) is 23.1. The third kappa shape index (κ3) is 3.15. The summed E-state index contributed by atoms with van der Waals surface area (Å²) in [5.41, 5.74) is 2.89. The van der Waals surface area contributed by atoms with E-state index in [1.165, 1.54) is 0 Å². The molecule has 1 aromatic carbocycles. The first-order valence-electron chi connectivity index (χ1n) is 11.8. The summed E-state index contributed by atoms with van der Waals surface area (Å²) in [4.78, 5) is 11.6. The molecule has 3 aliphatic carbocycles. The molecule has 178 valence electrons. The van der Waals surface area contributed by atoms with Crippen molar-refractivity contribution in [1.82, 2.24) is 19.7 Å². The first-order valence-corrected chi connectivity index (χ1v) is 12.6. The van der Waals surface area contributed by atoms with Crippen LogP contribution in [0, 0.1) is 5.41 Å². The number of rotatable bonds is 6. The third-order valence-corrected chi connectivity index (χ3v) is 8.67. The van der Waals surface area contributed by atoms with E-state index in [1.54, 1.807) is 19.5 Å². The van der Waals surface area contributed by atoms with Crippen LogP contribution in [0.3, 0.4) is 0 Å². The highest BCUT2D eigenvalue weighted by Crippen LogP contribution is 2.71.